The van der Waals surface area contributed by atoms with Gasteiger partial charge in [-0.05, 0) is 136 Å². The highest BCUT2D eigenvalue weighted by molar-refractivity contribution is 7.25. The molecule has 0 saturated carbocycles. The third-order valence-electron chi connectivity index (χ3n) is 15.6. The van der Waals surface area contributed by atoms with Crippen LogP contribution in [0.1, 0.15) is 101 Å². The van der Waals surface area contributed by atoms with Gasteiger partial charge in [0.1, 0.15) is 11.2 Å². The summed E-state index contributed by atoms with van der Waals surface area (Å²) in [6.07, 6.45) is 0. The van der Waals surface area contributed by atoms with Crippen LogP contribution in [0.3, 0.4) is 0 Å². The van der Waals surface area contributed by atoms with E-state index in [9.17, 15) is 0 Å². The first-order valence-corrected chi connectivity index (χ1v) is 29.3. The fourth-order valence-electron chi connectivity index (χ4n) is 11.9. The molecule has 0 atom stereocenters. The Morgan fingerprint density at radius 3 is 1.35 bits per heavy atom. The molecular formula is C78H70OS. The number of fused-ring (bicyclic) bond motifs is 9. The van der Waals surface area contributed by atoms with Crippen LogP contribution in [0, 0.1) is 0 Å². The van der Waals surface area contributed by atoms with Gasteiger partial charge in [0.15, 0.2) is 0 Å². The van der Waals surface area contributed by atoms with Gasteiger partial charge in [-0.3, -0.25) is 0 Å². The zero-order valence-corrected chi connectivity index (χ0v) is 48.2. The van der Waals surface area contributed by atoms with E-state index < -0.39 is 0 Å². The summed E-state index contributed by atoms with van der Waals surface area (Å²) in [4.78, 5) is 0. The highest BCUT2D eigenvalue weighted by Crippen LogP contribution is 2.46. The largest absolute Gasteiger partial charge is 0.456 e. The lowest BCUT2D eigenvalue weighted by atomic mass is 9.83. The summed E-state index contributed by atoms with van der Waals surface area (Å²) in [5, 5.41) is 13.3. The van der Waals surface area contributed by atoms with Crippen molar-refractivity contribution in [2.24, 2.45) is 0 Å². The summed E-state index contributed by atoms with van der Waals surface area (Å²) < 4.78 is 8.65. The quantitative estimate of drug-likeness (QED) is 0.145. The Morgan fingerprint density at radius 1 is 0.275 bits per heavy atom. The predicted octanol–water partition coefficient (Wildman–Crippen LogP) is 24.0. The maximum absolute atomic E-state index is 5.84. The Hall–Kier alpha value is -8.56. The molecule has 394 valence electrons. The van der Waals surface area contributed by atoms with Crippen molar-refractivity contribution in [3.05, 3.63) is 277 Å². The number of para-hydroxylation sites is 1. The first kappa shape index (κ1) is 53.4. The average molecular weight is 1060 g/mol. The number of benzene rings is 12. The van der Waals surface area contributed by atoms with Crippen LogP contribution in [-0.4, -0.2) is 0 Å². The van der Waals surface area contributed by atoms with E-state index in [0.717, 1.165) is 11.2 Å². The van der Waals surface area contributed by atoms with Crippen LogP contribution in [0.2, 0.25) is 0 Å². The van der Waals surface area contributed by atoms with Crippen LogP contribution in [0.25, 0.3) is 108 Å². The standard InChI is InChI=1S/C29H24.C19H18.C15H14O.C15H14S/c1-20(2)22-14-6-7-15-23(22)29-26-18-10-8-16-24(26)28(21-12-4-3-5-13-21)25-17-9-11-19-27(25)29;1-14(2)19-17-11-7-6-10-16(17)12-13-18(19)15-8-4-3-5-9-15;2*1-10(2)11-7-5-9-14-15(11)12-6-3-4-8-13(12)16-14/h3-20H,1-2H3;3-14H,1-2H3;2*3-10H,1-2H3. The lowest BCUT2D eigenvalue weighted by Gasteiger charge is -2.20. The lowest BCUT2D eigenvalue weighted by Crippen LogP contribution is -1.95. The number of thiophene rings is 1. The van der Waals surface area contributed by atoms with Crippen LogP contribution in [0.5, 0.6) is 0 Å². The van der Waals surface area contributed by atoms with Gasteiger partial charge in [-0.25, -0.2) is 0 Å². The molecule has 2 aromatic heterocycles. The van der Waals surface area contributed by atoms with Gasteiger partial charge in [0, 0.05) is 30.9 Å². The van der Waals surface area contributed by atoms with E-state index in [1.165, 1.54) is 119 Å². The second kappa shape index (κ2) is 23.8. The second-order valence-electron chi connectivity index (χ2n) is 22.2. The summed E-state index contributed by atoms with van der Waals surface area (Å²) in [7, 11) is 0. The van der Waals surface area contributed by atoms with Gasteiger partial charge < -0.3 is 4.42 Å². The molecule has 0 spiro atoms. The van der Waals surface area contributed by atoms with Gasteiger partial charge in [0.25, 0.3) is 0 Å². The van der Waals surface area contributed by atoms with Crippen molar-refractivity contribution in [3.63, 3.8) is 0 Å². The topological polar surface area (TPSA) is 13.1 Å². The molecule has 0 saturated heterocycles. The van der Waals surface area contributed by atoms with E-state index in [4.69, 9.17) is 4.42 Å². The third-order valence-corrected chi connectivity index (χ3v) is 16.7. The normalized spacial score (nSPS) is 11.4. The molecule has 0 N–H and O–H groups in total. The molecule has 1 nitrogen and oxygen atoms in total. The van der Waals surface area contributed by atoms with Crippen molar-refractivity contribution >= 4 is 85.8 Å². The van der Waals surface area contributed by atoms with Crippen LogP contribution >= 0.6 is 11.3 Å². The highest BCUT2D eigenvalue weighted by atomic mass is 32.1. The molecule has 80 heavy (non-hydrogen) atoms. The molecule has 0 radical (unpaired) electrons. The molecule has 14 rings (SSSR count). The smallest absolute Gasteiger partial charge is 0.135 e. The zero-order valence-electron chi connectivity index (χ0n) is 47.4. The molecule has 0 bridgehead atoms. The van der Waals surface area contributed by atoms with Crippen LogP contribution in [0.15, 0.2) is 259 Å². The molecule has 0 unspecified atom stereocenters. The number of hydrogen-bond donors (Lipinski definition) is 0. The number of furan rings is 1. The predicted molar refractivity (Wildman–Crippen MR) is 351 cm³/mol. The maximum Gasteiger partial charge on any atom is 0.135 e. The Bertz CT molecular complexity index is 4240. The maximum atomic E-state index is 5.84. The van der Waals surface area contributed by atoms with E-state index in [1.807, 2.05) is 29.5 Å². The van der Waals surface area contributed by atoms with Crippen LogP contribution in [0.4, 0.5) is 0 Å². The van der Waals surface area contributed by atoms with Crippen LogP contribution in [-0.2, 0) is 0 Å². The number of rotatable bonds is 7. The third kappa shape index (κ3) is 10.7. The summed E-state index contributed by atoms with van der Waals surface area (Å²) in [5.41, 5.74) is 15.6. The zero-order chi connectivity index (χ0) is 55.3. The molecule has 12 aromatic carbocycles. The molecule has 0 amide bonds. The van der Waals surface area contributed by atoms with Gasteiger partial charge in [0.2, 0.25) is 0 Å². The van der Waals surface area contributed by atoms with Crippen molar-refractivity contribution in [1.82, 2.24) is 0 Å². The van der Waals surface area contributed by atoms with Crippen LogP contribution < -0.4 is 0 Å². The molecule has 0 aliphatic carbocycles. The molecular weight excluding hydrogens is 985 g/mol. The monoisotopic (exact) mass is 1050 g/mol. The van der Waals surface area contributed by atoms with E-state index in [0.29, 0.717) is 23.7 Å². The second-order valence-corrected chi connectivity index (χ2v) is 23.2. The number of hydrogen-bond acceptors (Lipinski definition) is 2. The van der Waals surface area contributed by atoms with Crippen molar-refractivity contribution < 1.29 is 4.42 Å². The van der Waals surface area contributed by atoms with Gasteiger partial charge in [-0.1, -0.05) is 286 Å². The average Bonchev–Trinajstić information content (AvgIpc) is 4.09. The molecule has 2 heteroatoms. The van der Waals surface area contributed by atoms with Crippen molar-refractivity contribution in [2.45, 2.75) is 79.1 Å². The van der Waals surface area contributed by atoms with Crippen molar-refractivity contribution in [3.8, 4) is 33.4 Å². The van der Waals surface area contributed by atoms with Gasteiger partial charge >= 0.3 is 0 Å². The highest BCUT2D eigenvalue weighted by Gasteiger charge is 2.19. The molecule has 0 fully saturated rings. The first-order chi connectivity index (χ1) is 39.1. The molecule has 0 aliphatic rings. The summed E-state index contributed by atoms with van der Waals surface area (Å²) in [6, 6.07) is 91.1. The summed E-state index contributed by atoms with van der Waals surface area (Å²) in [6.45, 7) is 18.1. The minimum absolute atomic E-state index is 0.470. The molecule has 2 heterocycles. The summed E-state index contributed by atoms with van der Waals surface area (Å²) >= 11 is 1.89. The van der Waals surface area contributed by atoms with Gasteiger partial charge in [0.05, 0.1) is 0 Å². The minimum Gasteiger partial charge on any atom is -0.456 e. The van der Waals surface area contributed by atoms with Crippen molar-refractivity contribution in [2.75, 3.05) is 0 Å². The lowest BCUT2D eigenvalue weighted by molar-refractivity contribution is 0.668. The van der Waals surface area contributed by atoms with Gasteiger partial charge in [-0.2, -0.15) is 0 Å². The first-order valence-electron chi connectivity index (χ1n) is 28.5. The Kier molecular flexibility index (Phi) is 15.9. The minimum atomic E-state index is 0.470. The van der Waals surface area contributed by atoms with E-state index in [-0.39, 0.29) is 0 Å². The molecule has 0 aliphatic heterocycles. The Labute approximate surface area is 476 Å². The Balaban J connectivity index is 0.000000117. The summed E-state index contributed by atoms with van der Waals surface area (Å²) in [5.74, 6) is 2.09. The Morgan fingerprint density at radius 2 is 0.725 bits per heavy atom. The fourth-order valence-corrected chi connectivity index (χ4v) is 13.1. The molecule has 14 aromatic rings. The van der Waals surface area contributed by atoms with Gasteiger partial charge in [-0.15, -0.1) is 11.3 Å². The van der Waals surface area contributed by atoms with E-state index >= 15 is 0 Å². The van der Waals surface area contributed by atoms with E-state index in [1.54, 1.807) is 0 Å². The van der Waals surface area contributed by atoms with E-state index in [2.05, 4.69) is 292 Å². The van der Waals surface area contributed by atoms with Crippen molar-refractivity contribution in [1.29, 1.82) is 0 Å². The fraction of sp³-hybridized carbons (Fsp3) is 0.154. The SMILES string of the molecule is CC(C)c1c(-c2ccccc2)ccc2ccccc12.CC(C)c1cccc2oc3ccccc3c12.CC(C)c1cccc2sc3ccccc3c12.CC(C)c1ccccc1-c1c2ccccc2c(-c2ccccc2)c2ccccc12.